The maximum absolute atomic E-state index is 12.6. The third-order valence-corrected chi connectivity index (χ3v) is 4.07. The van der Waals surface area contributed by atoms with Gasteiger partial charge in [0.25, 0.3) is 5.91 Å². The Morgan fingerprint density at radius 1 is 1.23 bits per heavy atom. The molecule has 1 aromatic heterocycles. The highest BCUT2D eigenvalue weighted by molar-refractivity contribution is 5.99. The van der Waals surface area contributed by atoms with Gasteiger partial charge in [-0.2, -0.15) is 0 Å². The number of nitrogens with one attached hydrogen (secondary N) is 2. The summed E-state index contributed by atoms with van der Waals surface area (Å²) in [4.78, 5) is 29.3. The predicted molar refractivity (Wildman–Crippen MR) is 96.9 cm³/mol. The molecule has 0 radical (unpaired) electrons. The summed E-state index contributed by atoms with van der Waals surface area (Å²) in [5, 5.41) is 5.54. The fourth-order valence-electron chi connectivity index (χ4n) is 2.47. The number of carbonyl (C=O) groups excluding carboxylic acids is 2. The zero-order valence-electron chi connectivity index (χ0n) is 15.8. The molecule has 1 unspecified atom stereocenters. The molecular weight excluding hydrogens is 334 g/mol. The fraction of sp³-hybridized carbons (Fsp3) is 0.421. The van der Waals surface area contributed by atoms with Gasteiger partial charge in [0.05, 0.1) is 24.9 Å². The molecule has 0 aliphatic heterocycles. The molecule has 0 saturated carbocycles. The van der Waals surface area contributed by atoms with Gasteiger partial charge in [0, 0.05) is 0 Å². The number of oxazole rings is 1. The summed E-state index contributed by atoms with van der Waals surface area (Å²) in [6, 6.07) is 6.19. The minimum absolute atomic E-state index is 0.0957. The van der Waals surface area contributed by atoms with E-state index >= 15 is 0 Å². The molecule has 1 aromatic carbocycles. The normalized spacial score (nSPS) is 11.9. The molecule has 140 valence electrons. The Kier molecular flexibility index (Phi) is 6.38. The van der Waals surface area contributed by atoms with E-state index in [0.717, 1.165) is 11.5 Å². The van der Waals surface area contributed by atoms with E-state index in [2.05, 4.69) is 15.6 Å². The van der Waals surface area contributed by atoms with Gasteiger partial charge < -0.3 is 19.8 Å². The largest absolute Gasteiger partial charge is 0.496 e. The van der Waals surface area contributed by atoms with Crippen LogP contribution in [0.1, 0.15) is 41.6 Å². The average Bonchev–Trinajstić information content (AvgIpc) is 2.94. The van der Waals surface area contributed by atoms with Crippen LogP contribution in [0.3, 0.4) is 0 Å². The molecule has 0 saturated heterocycles. The van der Waals surface area contributed by atoms with Crippen LogP contribution in [0.5, 0.6) is 5.75 Å². The van der Waals surface area contributed by atoms with Crippen LogP contribution >= 0.6 is 0 Å². The molecule has 1 heterocycles. The molecule has 7 heteroatoms. The Balaban J connectivity index is 2.05. The SMILES string of the molecule is COc1ccccc1C(=O)NC(C(=O)NCc1nc(C)c(C)o1)C(C)C. The highest BCUT2D eigenvalue weighted by Crippen LogP contribution is 2.17. The Labute approximate surface area is 153 Å². The molecule has 0 bridgehead atoms. The number of ether oxygens (including phenoxy) is 1. The van der Waals surface area contributed by atoms with Gasteiger partial charge in [-0.15, -0.1) is 0 Å². The van der Waals surface area contributed by atoms with Crippen molar-refractivity contribution >= 4 is 11.8 Å². The van der Waals surface area contributed by atoms with Crippen molar-refractivity contribution < 1.29 is 18.7 Å². The van der Waals surface area contributed by atoms with Gasteiger partial charge in [-0.25, -0.2) is 4.98 Å². The molecule has 0 aliphatic carbocycles. The van der Waals surface area contributed by atoms with Crippen molar-refractivity contribution in [2.75, 3.05) is 7.11 Å². The standard InChI is InChI=1S/C19H25N3O4/c1-11(2)17(19(24)20-10-16-21-12(3)13(4)26-16)22-18(23)14-8-6-7-9-15(14)25-5/h6-9,11,17H,10H2,1-5H3,(H,20,24)(H,22,23). The second-order valence-electron chi connectivity index (χ2n) is 6.36. The van der Waals surface area contributed by atoms with Crippen molar-refractivity contribution in [2.45, 2.75) is 40.3 Å². The monoisotopic (exact) mass is 359 g/mol. The van der Waals surface area contributed by atoms with Crippen LogP contribution in [-0.2, 0) is 11.3 Å². The minimum Gasteiger partial charge on any atom is -0.496 e. The number of hydrogen-bond acceptors (Lipinski definition) is 5. The summed E-state index contributed by atoms with van der Waals surface area (Å²) in [6.07, 6.45) is 0. The molecular formula is C19H25N3O4. The first-order valence-corrected chi connectivity index (χ1v) is 8.48. The van der Waals surface area contributed by atoms with E-state index in [0.29, 0.717) is 17.2 Å². The number of carbonyl (C=O) groups is 2. The van der Waals surface area contributed by atoms with Gasteiger partial charge in [-0.1, -0.05) is 26.0 Å². The zero-order valence-corrected chi connectivity index (χ0v) is 15.8. The first kappa shape index (κ1) is 19.5. The molecule has 2 N–H and O–H groups in total. The van der Waals surface area contributed by atoms with E-state index in [1.54, 1.807) is 24.3 Å². The Morgan fingerprint density at radius 3 is 2.50 bits per heavy atom. The fourth-order valence-corrected chi connectivity index (χ4v) is 2.47. The Bertz CT molecular complexity index is 763. The number of rotatable bonds is 7. The van der Waals surface area contributed by atoms with Crippen LogP contribution in [0.4, 0.5) is 0 Å². The average molecular weight is 359 g/mol. The van der Waals surface area contributed by atoms with E-state index in [4.69, 9.17) is 9.15 Å². The molecule has 7 nitrogen and oxygen atoms in total. The lowest BCUT2D eigenvalue weighted by Gasteiger charge is -2.22. The number of nitrogens with zero attached hydrogens (tertiary/aromatic N) is 1. The van der Waals surface area contributed by atoms with Crippen LogP contribution in [0.2, 0.25) is 0 Å². The number of aryl methyl sites for hydroxylation is 2. The lowest BCUT2D eigenvalue weighted by atomic mass is 10.0. The summed E-state index contributed by atoms with van der Waals surface area (Å²) in [5.74, 6) is 0.863. The zero-order chi connectivity index (χ0) is 19.3. The van der Waals surface area contributed by atoms with Crippen molar-refractivity contribution in [3.63, 3.8) is 0 Å². The highest BCUT2D eigenvalue weighted by atomic mass is 16.5. The number of aromatic nitrogens is 1. The van der Waals surface area contributed by atoms with Crippen LogP contribution < -0.4 is 15.4 Å². The first-order valence-electron chi connectivity index (χ1n) is 8.48. The second-order valence-corrected chi connectivity index (χ2v) is 6.36. The van der Waals surface area contributed by atoms with Crippen molar-refractivity contribution in [2.24, 2.45) is 5.92 Å². The summed E-state index contributed by atoms with van der Waals surface area (Å²) < 4.78 is 10.7. The molecule has 0 fully saturated rings. The van der Waals surface area contributed by atoms with Crippen LogP contribution in [0.15, 0.2) is 28.7 Å². The van der Waals surface area contributed by atoms with Crippen LogP contribution in [-0.4, -0.2) is 29.9 Å². The van der Waals surface area contributed by atoms with E-state index in [1.165, 1.54) is 7.11 Å². The van der Waals surface area contributed by atoms with Crippen molar-refractivity contribution in [1.82, 2.24) is 15.6 Å². The topological polar surface area (TPSA) is 93.5 Å². The van der Waals surface area contributed by atoms with E-state index in [-0.39, 0.29) is 24.3 Å². The quantitative estimate of drug-likeness (QED) is 0.792. The lowest BCUT2D eigenvalue weighted by Crippen LogP contribution is -2.49. The van der Waals surface area contributed by atoms with Gasteiger partial charge in [-0.05, 0) is 31.9 Å². The highest BCUT2D eigenvalue weighted by Gasteiger charge is 2.26. The van der Waals surface area contributed by atoms with Gasteiger partial charge in [0.15, 0.2) is 0 Å². The van der Waals surface area contributed by atoms with Gasteiger partial charge in [0.1, 0.15) is 17.6 Å². The molecule has 2 amide bonds. The van der Waals surface area contributed by atoms with Crippen molar-refractivity contribution in [1.29, 1.82) is 0 Å². The van der Waals surface area contributed by atoms with Crippen molar-refractivity contribution in [3.05, 3.63) is 47.2 Å². The Hall–Kier alpha value is -2.83. The Morgan fingerprint density at radius 2 is 1.92 bits per heavy atom. The molecule has 0 spiro atoms. The summed E-state index contributed by atoms with van der Waals surface area (Å²) in [6.45, 7) is 7.56. The predicted octanol–water partition coefficient (Wildman–Crippen LogP) is 2.37. The first-order chi connectivity index (χ1) is 12.3. The van der Waals surface area contributed by atoms with E-state index < -0.39 is 6.04 Å². The summed E-state index contributed by atoms with van der Waals surface area (Å²) in [7, 11) is 1.50. The molecule has 1 atom stereocenters. The van der Waals surface area contributed by atoms with E-state index in [1.807, 2.05) is 27.7 Å². The number of hydrogen-bond donors (Lipinski definition) is 2. The van der Waals surface area contributed by atoms with Crippen molar-refractivity contribution in [3.8, 4) is 5.75 Å². The summed E-state index contributed by atoms with van der Waals surface area (Å²) in [5.41, 5.74) is 1.17. The second kappa shape index (κ2) is 8.51. The number of amides is 2. The smallest absolute Gasteiger partial charge is 0.255 e. The van der Waals surface area contributed by atoms with Crippen LogP contribution in [0, 0.1) is 19.8 Å². The maximum atomic E-state index is 12.6. The third kappa shape index (κ3) is 4.62. The third-order valence-electron chi connectivity index (χ3n) is 4.07. The van der Waals surface area contributed by atoms with Gasteiger partial charge in [-0.3, -0.25) is 9.59 Å². The number of methoxy groups -OCH3 is 1. The van der Waals surface area contributed by atoms with Gasteiger partial charge >= 0.3 is 0 Å². The van der Waals surface area contributed by atoms with E-state index in [9.17, 15) is 9.59 Å². The number of para-hydroxylation sites is 1. The molecule has 26 heavy (non-hydrogen) atoms. The maximum Gasteiger partial charge on any atom is 0.255 e. The molecule has 0 aliphatic rings. The minimum atomic E-state index is -0.690. The number of benzene rings is 1. The molecule has 2 aromatic rings. The van der Waals surface area contributed by atoms with Gasteiger partial charge in [0.2, 0.25) is 11.8 Å². The lowest BCUT2D eigenvalue weighted by molar-refractivity contribution is -0.124. The summed E-state index contributed by atoms with van der Waals surface area (Å²) >= 11 is 0. The molecule has 2 rings (SSSR count). The van der Waals surface area contributed by atoms with Crippen LogP contribution in [0.25, 0.3) is 0 Å².